The first-order chi connectivity index (χ1) is 13.0. The highest BCUT2D eigenvalue weighted by molar-refractivity contribution is 6.06. The van der Waals surface area contributed by atoms with Crippen molar-refractivity contribution in [3.63, 3.8) is 0 Å². The number of rotatable bonds is 7. The highest BCUT2D eigenvalue weighted by atomic mass is 19.1. The summed E-state index contributed by atoms with van der Waals surface area (Å²) >= 11 is 0. The van der Waals surface area contributed by atoms with E-state index in [1.54, 1.807) is 26.8 Å². The summed E-state index contributed by atoms with van der Waals surface area (Å²) in [6, 6.07) is 3.76. The maximum Gasteiger partial charge on any atom is 0.325 e. The normalized spacial score (nSPS) is 16.5. The van der Waals surface area contributed by atoms with Crippen LogP contribution in [0.5, 0.6) is 0 Å². The molecule has 1 aliphatic rings. The van der Waals surface area contributed by atoms with Crippen molar-refractivity contribution in [2.75, 3.05) is 11.9 Å². The number of nitrogens with one attached hydrogen (secondary N) is 2. The van der Waals surface area contributed by atoms with Gasteiger partial charge in [-0.15, -0.1) is 0 Å². The summed E-state index contributed by atoms with van der Waals surface area (Å²) in [4.78, 5) is 48.8. The number of carbonyl (C=O) groups is 4. The van der Waals surface area contributed by atoms with Crippen LogP contribution in [0, 0.1) is 12.7 Å². The Bertz CT molecular complexity index is 809. The monoisotopic (exact) mass is 393 g/mol. The van der Waals surface area contributed by atoms with Gasteiger partial charge >= 0.3 is 12.0 Å². The van der Waals surface area contributed by atoms with Crippen molar-refractivity contribution < 1.29 is 28.3 Å². The van der Waals surface area contributed by atoms with Crippen LogP contribution in [0.4, 0.5) is 14.9 Å². The Balaban J connectivity index is 1.77. The molecule has 1 fully saturated rings. The van der Waals surface area contributed by atoms with Crippen molar-refractivity contribution in [1.29, 1.82) is 0 Å². The van der Waals surface area contributed by atoms with Gasteiger partial charge in [0.15, 0.2) is 6.10 Å². The smallest absolute Gasteiger partial charge is 0.325 e. The van der Waals surface area contributed by atoms with Gasteiger partial charge in [-0.3, -0.25) is 19.3 Å². The fourth-order valence-electron chi connectivity index (χ4n) is 2.63. The molecule has 28 heavy (non-hydrogen) atoms. The number of urea groups is 1. The van der Waals surface area contributed by atoms with Crippen LogP contribution in [-0.4, -0.2) is 46.9 Å². The molecule has 1 atom stereocenters. The average Bonchev–Trinajstić information content (AvgIpc) is 2.79. The Morgan fingerprint density at radius 2 is 2.00 bits per heavy atom. The van der Waals surface area contributed by atoms with E-state index in [-0.39, 0.29) is 31.0 Å². The first-order valence-electron chi connectivity index (χ1n) is 8.92. The van der Waals surface area contributed by atoms with Gasteiger partial charge < -0.3 is 15.4 Å². The highest BCUT2D eigenvalue weighted by Gasteiger charge is 2.43. The van der Waals surface area contributed by atoms with Crippen molar-refractivity contribution in [3.05, 3.63) is 29.6 Å². The number of carbonyl (C=O) groups excluding carboxylic acids is 4. The zero-order chi connectivity index (χ0) is 21.1. The van der Waals surface area contributed by atoms with Crippen molar-refractivity contribution >= 4 is 29.5 Å². The van der Waals surface area contributed by atoms with Gasteiger partial charge in [0.05, 0.1) is 0 Å². The van der Waals surface area contributed by atoms with Crippen molar-refractivity contribution in [2.45, 2.75) is 52.2 Å². The lowest BCUT2D eigenvalue weighted by Crippen LogP contribution is -2.40. The van der Waals surface area contributed by atoms with Crippen LogP contribution in [0.3, 0.4) is 0 Å². The predicted octanol–water partition coefficient (Wildman–Crippen LogP) is 2.11. The van der Waals surface area contributed by atoms with E-state index >= 15 is 0 Å². The molecule has 0 saturated carbocycles. The number of benzene rings is 1. The fraction of sp³-hybridized carbons (Fsp3) is 0.474. The molecule has 1 heterocycles. The highest BCUT2D eigenvalue weighted by Crippen LogP contribution is 2.17. The Hall–Kier alpha value is -2.97. The lowest BCUT2D eigenvalue weighted by atomic mass is 10.1. The molecule has 1 aliphatic heterocycles. The third-order valence-electron chi connectivity index (χ3n) is 4.32. The van der Waals surface area contributed by atoms with Crippen LogP contribution >= 0.6 is 0 Å². The molecule has 2 rings (SSSR count). The number of anilines is 1. The minimum Gasteiger partial charge on any atom is -0.453 e. The summed E-state index contributed by atoms with van der Waals surface area (Å²) < 4.78 is 18.6. The second kappa shape index (κ2) is 8.37. The van der Waals surface area contributed by atoms with E-state index in [0.717, 1.165) is 4.90 Å². The first kappa shape index (κ1) is 21.3. The van der Waals surface area contributed by atoms with Crippen molar-refractivity contribution in [2.24, 2.45) is 0 Å². The molecule has 9 heteroatoms. The van der Waals surface area contributed by atoms with E-state index in [2.05, 4.69) is 10.6 Å². The first-order valence-corrected chi connectivity index (χ1v) is 8.92. The third kappa shape index (κ3) is 5.05. The number of halogens is 1. The van der Waals surface area contributed by atoms with Gasteiger partial charge in [0.1, 0.15) is 11.4 Å². The molecular weight excluding hydrogens is 369 g/mol. The summed E-state index contributed by atoms with van der Waals surface area (Å²) in [6.45, 7) is 6.28. The summed E-state index contributed by atoms with van der Waals surface area (Å²) in [5.41, 5.74) is -0.247. The summed E-state index contributed by atoms with van der Waals surface area (Å²) in [7, 11) is 0. The van der Waals surface area contributed by atoms with Crippen molar-refractivity contribution in [3.8, 4) is 0 Å². The van der Waals surface area contributed by atoms with Gasteiger partial charge in [0.2, 0.25) is 0 Å². The largest absolute Gasteiger partial charge is 0.453 e. The van der Waals surface area contributed by atoms with Crippen LogP contribution in [0.1, 0.15) is 39.2 Å². The predicted molar refractivity (Wildman–Crippen MR) is 98.9 cm³/mol. The van der Waals surface area contributed by atoms with Crippen LogP contribution in [-0.2, 0) is 19.1 Å². The summed E-state index contributed by atoms with van der Waals surface area (Å²) in [6.07, 6.45) is -0.924. The lowest BCUT2D eigenvalue weighted by Gasteiger charge is -2.16. The maximum absolute atomic E-state index is 13.5. The molecule has 0 aliphatic carbocycles. The molecule has 1 aromatic rings. The number of hydrogen-bond donors (Lipinski definition) is 2. The van der Waals surface area contributed by atoms with Crippen molar-refractivity contribution in [1.82, 2.24) is 10.2 Å². The molecular formula is C19H24FN3O5. The molecule has 0 aromatic heterocycles. The number of imide groups is 1. The molecule has 4 amide bonds. The second-order valence-corrected chi connectivity index (χ2v) is 7.20. The maximum atomic E-state index is 13.5. The minimum absolute atomic E-state index is 0.0612. The molecule has 2 N–H and O–H groups in total. The Morgan fingerprint density at radius 1 is 1.32 bits per heavy atom. The fourth-order valence-corrected chi connectivity index (χ4v) is 2.63. The average molecular weight is 393 g/mol. The zero-order valence-electron chi connectivity index (χ0n) is 16.3. The Labute approximate surface area is 162 Å². The van der Waals surface area contributed by atoms with Crippen LogP contribution < -0.4 is 10.6 Å². The quantitative estimate of drug-likeness (QED) is 0.545. The number of amides is 4. The standard InChI is InChI=1S/C19H24FN3O5/c1-11-7-8-13(10-14(11)20)21-16(25)12(2)28-15(24)6-5-9-23-17(26)19(3,4)22-18(23)27/h7-8,10,12H,5-6,9H2,1-4H3,(H,21,25)(H,22,27)/t12-/m0/s1. The van der Waals surface area contributed by atoms with Crippen LogP contribution in [0.15, 0.2) is 18.2 Å². The zero-order valence-corrected chi connectivity index (χ0v) is 16.3. The molecule has 8 nitrogen and oxygen atoms in total. The molecule has 0 spiro atoms. The number of nitrogens with zero attached hydrogens (tertiary/aromatic N) is 1. The summed E-state index contributed by atoms with van der Waals surface area (Å²) in [5.74, 6) is -2.04. The van der Waals surface area contributed by atoms with E-state index in [4.69, 9.17) is 4.74 Å². The van der Waals surface area contributed by atoms with E-state index in [1.807, 2.05) is 0 Å². The van der Waals surface area contributed by atoms with Gasteiger partial charge in [-0.1, -0.05) is 6.07 Å². The third-order valence-corrected chi connectivity index (χ3v) is 4.32. The van der Waals surface area contributed by atoms with Gasteiger partial charge in [-0.2, -0.15) is 0 Å². The van der Waals surface area contributed by atoms with E-state index in [0.29, 0.717) is 5.56 Å². The molecule has 0 radical (unpaired) electrons. The molecule has 1 saturated heterocycles. The number of hydrogen-bond acceptors (Lipinski definition) is 5. The SMILES string of the molecule is Cc1ccc(NC(=O)[C@H](C)OC(=O)CCCN2C(=O)NC(C)(C)C2=O)cc1F. The number of aryl methyl sites for hydroxylation is 1. The van der Waals surface area contributed by atoms with Gasteiger partial charge in [-0.25, -0.2) is 9.18 Å². The molecule has 0 unspecified atom stereocenters. The van der Waals surface area contributed by atoms with Crippen LogP contribution in [0.25, 0.3) is 0 Å². The van der Waals surface area contributed by atoms with Crippen LogP contribution in [0.2, 0.25) is 0 Å². The topological polar surface area (TPSA) is 105 Å². The Kier molecular flexibility index (Phi) is 6.37. The number of ether oxygens (including phenoxy) is 1. The Morgan fingerprint density at radius 3 is 2.57 bits per heavy atom. The molecule has 1 aromatic carbocycles. The second-order valence-electron chi connectivity index (χ2n) is 7.20. The lowest BCUT2D eigenvalue weighted by molar-refractivity contribution is -0.153. The van der Waals surface area contributed by atoms with E-state index in [1.165, 1.54) is 19.1 Å². The molecule has 0 bridgehead atoms. The van der Waals surface area contributed by atoms with E-state index in [9.17, 15) is 23.6 Å². The van der Waals surface area contributed by atoms with Gasteiger partial charge in [0, 0.05) is 18.7 Å². The number of esters is 1. The van der Waals surface area contributed by atoms with E-state index < -0.39 is 35.4 Å². The summed E-state index contributed by atoms with van der Waals surface area (Å²) in [5, 5.41) is 5.03. The minimum atomic E-state index is -1.08. The molecule has 152 valence electrons. The van der Waals surface area contributed by atoms with Gasteiger partial charge in [-0.05, 0) is 51.8 Å². The van der Waals surface area contributed by atoms with Gasteiger partial charge in [0.25, 0.3) is 11.8 Å².